The smallest absolute Gasteiger partial charge is 0.233 e. The number of nitrogens with zero attached hydrogens (tertiary/aromatic N) is 2. The number of hydrogen-bond donors (Lipinski definition) is 1. The van der Waals surface area contributed by atoms with E-state index in [2.05, 4.69) is 43.2 Å². The molecule has 0 bridgehead atoms. The maximum absolute atomic E-state index is 5.61. The molecule has 20 heavy (non-hydrogen) atoms. The number of rotatable bonds is 4. The van der Waals surface area contributed by atoms with Crippen LogP contribution in [0.2, 0.25) is 0 Å². The van der Waals surface area contributed by atoms with Crippen LogP contribution < -0.4 is 5.32 Å². The summed E-state index contributed by atoms with van der Waals surface area (Å²) in [5.74, 6) is 1.45. The molecule has 5 heteroatoms. The third-order valence-corrected chi connectivity index (χ3v) is 4.39. The van der Waals surface area contributed by atoms with Crippen molar-refractivity contribution < 1.29 is 9.26 Å². The van der Waals surface area contributed by atoms with Crippen LogP contribution in [0.3, 0.4) is 0 Å². The molecule has 2 rings (SSSR count). The van der Waals surface area contributed by atoms with E-state index in [-0.39, 0.29) is 16.9 Å². The first-order valence-electron chi connectivity index (χ1n) is 7.50. The van der Waals surface area contributed by atoms with Gasteiger partial charge in [0.1, 0.15) is 6.10 Å². The number of piperidine rings is 1. The second-order valence-electron chi connectivity index (χ2n) is 6.82. The highest BCUT2D eigenvalue weighted by Gasteiger charge is 2.39. The normalized spacial score (nSPS) is 20.9. The molecular weight excluding hydrogens is 254 g/mol. The predicted molar refractivity (Wildman–Crippen MR) is 77.6 cm³/mol. The molecule has 1 aliphatic heterocycles. The van der Waals surface area contributed by atoms with Crippen LogP contribution in [-0.4, -0.2) is 30.3 Å². The van der Waals surface area contributed by atoms with Crippen LogP contribution in [0.25, 0.3) is 0 Å². The van der Waals surface area contributed by atoms with E-state index in [1.54, 1.807) is 7.11 Å². The first-order chi connectivity index (χ1) is 9.43. The fourth-order valence-corrected chi connectivity index (χ4v) is 3.03. The minimum absolute atomic E-state index is 0.0344. The number of methoxy groups -OCH3 is 1. The topological polar surface area (TPSA) is 60.2 Å². The average molecular weight is 281 g/mol. The highest BCUT2D eigenvalue weighted by Crippen LogP contribution is 2.38. The molecule has 1 unspecified atom stereocenters. The molecule has 2 heterocycles. The summed E-state index contributed by atoms with van der Waals surface area (Å²) in [4.78, 5) is 4.68. The van der Waals surface area contributed by atoms with Crippen molar-refractivity contribution in [2.45, 2.75) is 58.5 Å². The fourth-order valence-electron chi connectivity index (χ4n) is 3.03. The molecule has 114 valence electrons. The maximum Gasteiger partial charge on any atom is 0.233 e. The van der Waals surface area contributed by atoms with Crippen molar-refractivity contribution in [2.24, 2.45) is 5.41 Å². The van der Waals surface area contributed by atoms with Gasteiger partial charge in [0.25, 0.3) is 0 Å². The molecule has 1 N–H and O–H groups in total. The molecule has 0 amide bonds. The van der Waals surface area contributed by atoms with Crippen molar-refractivity contribution in [3.05, 3.63) is 11.7 Å². The lowest BCUT2D eigenvalue weighted by molar-refractivity contribution is 0.00718. The van der Waals surface area contributed by atoms with Gasteiger partial charge in [-0.2, -0.15) is 4.98 Å². The van der Waals surface area contributed by atoms with Crippen molar-refractivity contribution in [1.29, 1.82) is 0 Å². The SMILES string of the molecule is CCC1(c2nc(C(OC)C(C)(C)C)no2)CCNCC1. The van der Waals surface area contributed by atoms with Crippen LogP contribution in [0, 0.1) is 5.41 Å². The minimum Gasteiger partial charge on any atom is -0.373 e. The van der Waals surface area contributed by atoms with Crippen LogP contribution in [-0.2, 0) is 10.2 Å². The molecule has 1 aliphatic rings. The molecule has 1 saturated heterocycles. The Balaban J connectivity index is 2.27. The van der Waals surface area contributed by atoms with E-state index < -0.39 is 0 Å². The van der Waals surface area contributed by atoms with E-state index in [1.165, 1.54) is 0 Å². The fraction of sp³-hybridized carbons (Fsp3) is 0.867. The van der Waals surface area contributed by atoms with Gasteiger partial charge in [-0.05, 0) is 37.8 Å². The molecule has 5 nitrogen and oxygen atoms in total. The second-order valence-corrected chi connectivity index (χ2v) is 6.82. The van der Waals surface area contributed by atoms with Crippen LogP contribution in [0.1, 0.15) is 64.8 Å². The number of aromatic nitrogens is 2. The summed E-state index contributed by atoms with van der Waals surface area (Å²) in [5, 5.41) is 7.58. The molecule has 0 saturated carbocycles. The Kier molecular flexibility index (Phi) is 4.49. The average Bonchev–Trinajstić information content (AvgIpc) is 2.88. The zero-order valence-electron chi connectivity index (χ0n) is 13.3. The molecule has 1 aromatic heterocycles. The molecule has 0 aromatic carbocycles. The van der Waals surface area contributed by atoms with E-state index in [0.717, 1.165) is 38.2 Å². The van der Waals surface area contributed by atoms with Gasteiger partial charge in [-0.15, -0.1) is 0 Å². The molecular formula is C15H27N3O2. The Labute approximate surface area is 121 Å². The lowest BCUT2D eigenvalue weighted by atomic mass is 9.76. The van der Waals surface area contributed by atoms with Crippen LogP contribution >= 0.6 is 0 Å². The summed E-state index contributed by atoms with van der Waals surface area (Å²) in [6.45, 7) is 10.6. The van der Waals surface area contributed by atoms with E-state index in [0.29, 0.717) is 5.82 Å². The molecule has 0 spiro atoms. The van der Waals surface area contributed by atoms with Gasteiger partial charge < -0.3 is 14.6 Å². The van der Waals surface area contributed by atoms with Crippen molar-refractivity contribution in [3.63, 3.8) is 0 Å². The quantitative estimate of drug-likeness (QED) is 0.919. The first-order valence-corrected chi connectivity index (χ1v) is 7.50. The van der Waals surface area contributed by atoms with Crippen molar-refractivity contribution >= 4 is 0 Å². The van der Waals surface area contributed by atoms with Crippen molar-refractivity contribution in [3.8, 4) is 0 Å². The summed E-state index contributed by atoms with van der Waals surface area (Å²) in [6.07, 6.45) is 3.00. The Morgan fingerprint density at radius 1 is 1.35 bits per heavy atom. The summed E-state index contributed by atoms with van der Waals surface area (Å²) >= 11 is 0. The van der Waals surface area contributed by atoms with Gasteiger partial charge in [-0.25, -0.2) is 0 Å². The number of ether oxygens (including phenoxy) is 1. The first kappa shape index (κ1) is 15.4. The molecule has 0 radical (unpaired) electrons. The third-order valence-electron chi connectivity index (χ3n) is 4.39. The van der Waals surface area contributed by atoms with E-state index >= 15 is 0 Å². The Morgan fingerprint density at radius 3 is 2.50 bits per heavy atom. The standard InChI is InChI=1S/C15H27N3O2/c1-6-15(7-9-16-10-8-15)13-17-12(18-20-13)11(19-5)14(2,3)4/h11,16H,6-10H2,1-5H3. The highest BCUT2D eigenvalue weighted by atomic mass is 16.5. The summed E-state index contributed by atoms with van der Waals surface area (Å²) < 4.78 is 11.2. The minimum atomic E-state index is -0.143. The zero-order valence-corrected chi connectivity index (χ0v) is 13.3. The number of hydrogen-bond acceptors (Lipinski definition) is 5. The van der Waals surface area contributed by atoms with E-state index in [1.807, 2.05) is 0 Å². The predicted octanol–water partition coefficient (Wildman–Crippen LogP) is 2.83. The van der Waals surface area contributed by atoms with Gasteiger partial charge in [0.15, 0.2) is 0 Å². The largest absolute Gasteiger partial charge is 0.373 e. The molecule has 1 atom stereocenters. The summed E-state index contributed by atoms with van der Waals surface area (Å²) in [7, 11) is 1.70. The van der Waals surface area contributed by atoms with E-state index in [9.17, 15) is 0 Å². The van der Waals surface area contributed by atoms with Crippen LogP contribution in [0.5, 0.6) is 0 Å². The summed E-state index contributed by atoms with van der Waals surface area (Å²) in [5.41, 5.74) is -0.0178. The van der Waals surface area contributed by atoms with Crippen molar-refractivity contribution in [1.82, 2.24) is 15.5 Å². The monoisotopic (exact) mass is 281 g/mol. The molecule has 1 fully saturated rings. The van der Waals surface area contributed by atoms with Crippen LogP contribution in [0.15, 0.2) is 4.52 Å². The van der Waals surface area contributed by atoms with Gasteiger partial charge in [0.05, 0.1) is 5.41 Å². The maximum atomic E-state index is 5.61. The van der Waals surface area contributed by atoms with Gasteiger partial charge in [-0.3, -0.25) is 0 Å². The second kappa shape index (κ2) is 5.82. The lowest BCUT2D eigenvalue weighted by Gasteiger charge is -2.33. The van der Waals surface area contributed by atoms with Gasteiger partial charge in [0.2, 0.25) is 11.7 Å². The molecule has 0 aliphatic carbocycles. The van der Waals surface area contributed by atoms with Gasteiger partial charge in [0, 0.05) is 7.11 Å². The summed E-state index contributed by atoms with van der Waals surface area (Å²) in [6, 6.07) is 0. The van der Waals surface area contributed by atoms with E-state index in [4.69, 9.17) is 9.26 Å². The molecule has 1 aromatic rings. The third kappa shape index (κ3) is 2.88. The highest BCUT2D eigenvalue weighted by molar-refractivity contribution is 5.09. The Bertz CT molecular complexity index is 431. The van der Waals surface area contributed by atoms with Gasteiger partial charge >= 0.3 is 0 Å². The zero-order chi connectivity index (χ0) is 14.8. The Morgan fingerprint density at radius 2 is 2.00 bits per heavy atom. The van der Waals surface area contributed by atoms with Gasteiger partial charge in [-0.1, -0.05) is 32.9 Å². The number of nitrogens with one attached hydrogen (secondary N) is 1. The lowest BCUT2D eigenvalue weighted by Crippen LogP contribution is -2.39. The van der Waals surface area contributed by atoms with Crippen molar-refractivity contribution in [2.75, 3.05) is 20.2 Å². The van der Waals surface area contributed by atoms with Crippen LogP contribution in [0.4, 0.5) is 0 Å². The Hall–Kier alpha value is -0.940.